The molecule has 1 rings (SSSR count). The quantitative estimate of drug-likeness (QED) is 0.671. The molecule has 1 aromatic heterocycles. The number of halogens is 3. The van der Waals surface area contributed by atoms with Crippen LogP contribution in [0.2, 0.25) is 0 Å². The lowest BCUT2D eigenvalue weighted by atomic mass is 10.2. The maximum atomic E-state index is 12.1. The highest BCUT2D eigenvalue weighted by molar-refractivity contribution is 5.31. The van der Waals surface area contributed by atoms with Crippen LogP contribution < -0.4 is 0 Å². The number of rotatable bonds is 1. The zero-order chi connectivity index (χ0) is 10.1. The van der Waals surface area contributed by atoms with E-state index >= 15 is 0 Å². The Kier molecular flexibility index (Phi) is 2.28. The van der Waals surface area contributed by atoms with E-state index in [1.165, 1.54) is 6.07 Å². The molecule has 0 aliphatic rings. The molecule has 3 nitrogen and oxygen atoms in total. The molecule has 0 bridgehead atoms. The summed E-state index contributed by atoms with van der Waals surface area (Å²) in [5.74, 6) is 0. The Morgan fingerprint density at radius 3 is 2.62 bits per heavy atom. The zero-order valence-corrected chi connectivity index (χ0v) is 6.68. The Labute approximate surface area is 72.4 Å². The van der Waals surface area contributed by atoms with Gasteiger partial charge in [-0.3, -0.25) is 4.68 Å². The standard InChI is InChI=1S/C7H5F3N3/c1-2-13-6(3-11)5(4-12-13)7(8,9)10/h2H2,1H3. The molecule has 13 heavy (non-hydrogen) atoms. The van der Waals surface area contributed by atoms with E-state index in [9.17, 15) is 13.2 Å². The molecule has 0 fully saturated rings. The molecule has 0 N–H and O–H groups in total. The maximum absolute atomic E-state index is 12.1. The minimum absolute atomic E-state index is 0.218. The van der Waals surface area contributed by atoms with Crippen LogP contribution in [0.4, 0.5) is 13.2 Å². The van der Waals surface area contributed by atoms with E-state index in [1.54, 1.807) is 13.1 Å². The molecule has 0 amide bonds. The third kappa shape index (κ3) is 1.64. The molecular weight excluding hydrogens is 183 g/mol. The maximum Gasteiger partial charge on any atom is 0.421 e. The number of nitriles is 1. The van der Waals surface area contributed by atoms with Gasteiger partial charge in [0.15, 0.2) is 5.69 Å². The second-order valence-electron chi connectivity index (χ2n) is 2.26. The van der Waals surface area contributed by atoms with Gasteiger partial charge in [-0.15, -0.1) is 0 Å². The number of nitrogens with zero attached hydrogens (tertiary/aromatic N) is 3. The summed E-state index contributed by atoms with van der Waals surface area (Å²) in [4.78, 5) is 0. The molecule has 0 saturated heterocycles. The van der Waals surface area contributed by atoms with Crippen LogP contribution in [-0.2, 0) is 12.7 Å². The summed E-state index contributed by atoms with van der Waals surface area (Å²) in [6.07, 6.45) is -2.78. The highest BCUT2D eigenvalue weighted by atomic mass is 19.4. The lowest BCUT2D eigenvalue weighted by Gasteiger charge is -2.03. The van der Waals surface area contributed by atoms with Gasteiger partial charge in [-0.25, -0.2) is 0 Å². The van der Waals surface area contributed by atoms with Gasteiger partial charge in [0.2, 0.25) is 0 Å². The number of aryl methyl sites for hydroxylation is 1. The summed E-state index contributed by atoms with van der Waals surface area (Å²) < 4.78 is 37.4. The molecule has 1 heterocycles. The van der Waals surface area contributed by atoms with Gasteiger partial charge in [-0.2, -0.15) is 23.5 Å². The molecule has 1 aromatic rings. The molecule has 0 saturated carbocycles. The van der Waals surface area contributed by atoms with E-state index in [4.69, 9.17) is 5.26 Å². The highest BCUT2D eigenvalue weighted by Crippen LogP contribution is 2.30. The monoisotopic (exact) mass is 188 g/mol. The van der Waals surface area contributed by atoms with Crippen molar-refractivity contribution in [3.05, 3.63) is 17.5 Å². The van der Waals surface area contributed by atoms with E-state index in [0.717, 1.165) is 4.68 Å². The van der Waals surface area contributed by atoms with Crippen molar-refractivity contribution in [3.8, 4) is 6.07 Å². The first-order chi connectivity index (χ1) is 6.00. The largest absolute Gasteiger partial charge is 0.421 e. The van der Waals surface area contributed by atoms with Gasteiger partial charge in [0.05, 0.1) is 0 Å². The molecule has 0 aliphatic heterocycles. The topological polar surface area (TPSA) is 41.6 Å². The third-order valence-electron chi connectivity index (χ3n) is 1.47. The Balaban J connectivity index is 3.26. The van der Waals surface area contributed by atoms with Crippen LogP contribution in [0.25, 0.3) is 0 Å². The minimum atomic E-state index is -4.56. The molecule has 1 radical (unpaired) electrons. The summed E-state index contributed by atoms with van der Waals surface area (Å²) in [6.45, 7) is 1.82. The lowest BCUT2D eigenvalue weighted by Crippen LogP contribution is -2.08. The van der Waals surface area contributed by atoms with E-state index in [1.807, 2.05) is 0 Å². The Morgan fingerprint density at radius 1 is 1.62 bits per heavy atom. The highest BCUT2D eigenvalue weighted by Gasteiger charge is 2.36. The molecule has 0 spiro atoms. The van der Waals surface area contributed by atoms with E-state index in [-0.39, 0.29) is 6.54 Å². The van der Waals surface area contributed by atoms with Crippen LogP contribution in [0, 0.1) is 17.5 Å². The van der Waals surface area contributed by atoms with Crippen LogP contribution in [0.5, 0.6) is 0 Å². The van der Waals surface area contributed by atoms with E-state index in [0.29, 0.717) is 0 Å². The molecule has 0 aromatic carbocycles. The summed E-state index contributed by atoms with van der Waals surface area (Å²) in [5.41, 5.74) is -1.59. The van der Waals surface area contributed by atoms with Gasteiger partial charge in [0.25, 0.3) is 0 Å². The van der Waals surface area contributed by atoms with Crippen molar-refractivity contribution in [3.63, 3.8) is 0 Å². The number of hydrogen-bond acceptors (Lipinski definition) is 2. The van der Waals surface area contributed by atoms with Crippen molar-refractivity contribution in [1.82, 2.24) is 9.78 Å². The third-order valence-corrected chi connectivity index (χ3v) is 1.47. The summed E-state index contributed by atoms with van der Waals surface area (Å²) in [7, 11) is 0. The molecule has 6 heteroatoms. The predicted octanol–water partition coefficient (Wildman–Crippen LogP) is 1.59. The summed E-state index contributed by atoms with van der Waals surface area (Å²) >= 11 is 0. The van der Waals surface area contributed by atoms with Crippen LogP contribution in [0.1, 0.15) is 18.2 Å². The Morgan fingerprint density at radius 2 is 2.23 bits per heavy atom. The van der Waals surface area contributed by atoms with Gasteiger partial charge in [0, 0.05) is 6.54 Å². The predicted molar refractivity (Wildman–Crippen MR) is 36.5 cm³/mol. The van der Waals surface area contributed by atoms with Crippen LogP contribution in [-0.4, -0.2) is 9.78 Å². The van der Waals surface area contributed by atoms with Crippen molar-refractivity contribution in [1.29, 1.82) is 5.26 Å². The first-order valence-corrected chi connectivity index (χ1v) is 3.46. The van der Waals surface area contributed by atoms with Crippen LogP contribution in [0.3, 0.4) is 0 Å². The van der Waals surface area contributed by atoms with Crippen molar-refractivity contribution in [2.45, 2.75) is 19.6 Å². The normalized spacial score (nSPS) is 11.3. The van der Waals surface area contributed by atoms with E-state index < -0.39 is 17.4 Å². The van der Waals surface area contributed by atoms with E-state index in [2.05, 4.69) is 5.10 Å². The van der Waals surface area contributed by atoms with Gasteiger partial charge in [-0.1, -0.05) is 0 Å². The van der Waals surface area contributed by atoms with Crippen LogP contribution in [0.15, 0.2) is 0 Å². The second-order valence-corrected chi connectivity index (χ2v) is 2.26. The van der Waals surface area contributed by atoms with Crippen LogP contribution >= 0.6 is 0 Å². The van der Waals surface area contributed by atoms with Crippen molar-refractivity contribution in [2.75, 3.05) is 0 Å². The van der Waals surface area contributed by atoms with Crippen molar-refractivity contribution >= 4 is 0 Å². The molecule has 0 aliphatic carbocycles. The van der Waals surface area contributed by atoms with Gasteiger partial charge in [0.1, 0.15) is 17.8 Å². The first-order valence-electron chi connectivity index (χ1n) is 3.46. The minimum Gasteiger partial charge on any atom is -0.254 e. The molecular formula is C7H5F3N3. The van der Waals surface area contributed by atoms with Gasteiger partial charge in [-0.05, 0) is 6.92 Å². The van der Waals surface area contributed by atoms with Gasteiger partial charge >= 0.3 is 6.18 Å². The summed E-state index contributed by atoms with van der Waals surface area (Å²) in [5, 5.41) is 11.8. The molecule has 69 valence electrons. The smallest absolute Gasteiger partial charge is 0.254 e. The lowest BCUT2D eigenvalue weighted by molar-refractivity contribution is -0.138. The summed E-state index contributed by atoms with van der Waals surface area (Å²) in [6, 6.07) is 1.45. The molecule has 0 atom stereocenters. The average molecular weight is 188 g/mol. The Bertz CT molecular complexity index is 345. The fraction of sp³-hybridized carbons (Fsp3) is 0.429. The number of hydrogen-bond donors (Lipinski definition) is 0. The number of alkyl halides is 3. The second kappa shape index (κ2) is 3.09. The first kappa shape index (κ1) is 9.58. The fourth-order valence-corrected chi connectivity index (χ4v) is 0.882. The Hall–Kier alpha value is -1.51. The van der Waals surface area contributed by atoms with Gasteiger partial charge < -0.3 is 0 Å². The van der Waals surface area contributed by atoms with Crippen molar-refractivity contribution < 1.29 is 13.2 Å². The fourth-order valence-electron chi connectivity index (χ4n) is 0.882. The SMILES string of the molecule is CCn1n[c]c(C(F)(F)F)c1C#N. The zero-order valence-electron chi connectivity index (χ0n) is 6.68. The van der Waals surface area contributed by atoms with Crippen molar-refractivity contribution in [2.24, 2.45) is 0 Å². The number of aromatic nitrogens is 2. The average Bonchev–Trinajstić information content (AvgIpc) is 2.45. The molecule has 0 unspecified atom stereocenters.